The van der Waals surface area contributed by atoms with E-state index in [1.54, 1.807) is 31.7 Å². The van der Waals surface area contributed by atoms with E-state index >= 15 is 0 Å². The summed E-state index contributed by atoms with van der Waals surface area (Å²) in [5, 5.41) is 6.15. The SMILES string of the molecule is Cc1cc(C)cc(C(C(=O)Nc2c(C)cccc2Cl)N(C(=O)C(NC(=O)OC(C)(C)C)C(C)C)C(C)(C)C)c1. The lowest BCUT2D eigenvalue weighted by Crippen LogP contribution is -2.59. The van der Waals surface area contributed by atoms with E-state index in [-0.39, 0.29) is 5.92 Å². The lowest BCUT2D eigenvalue weighted by molar-refractivity contribution is -0.147. The summed E-state index contributed by atoms with van der Waals surface area (Å²) in [5.41, 5.74) is 2.36. The van der Waals surface area contributed by atoms with Crippen LogP contribution in [0.1, 0.15) is 83.7 Å². The number of aryl methyl sites for hydroxylation is 3. The molecule has 0 radical (unpaired) electrons. The van der Waals surface area contributed by atoms with Crippen molar-refractivity contribution in [1.29, 1.82) is 0 Å². The zero-order chi connectivity index (χ0) is 29.9. The Labute approximate surface area is 238 Å². The van der Waals surface area contributed by atoms with Gasteiger partial charge in [-0.05, 0) is 85.4 Å². The maximum absolute atomic E-state index is 14.4. The van der Waals surface area contributed by atoms with Gasteiger partial charge in [0.15, 0.2) is 0 Å². The smallest absolute Gasteiger partial charge is 0.408 e. The number of ether oxygens (including phenoxy) is 1. The third kappa shape index (κ3) is 8.72. The lowest BCUT2D eigenvalue weighted by atomic mass is 9.91. The van der Waals surface area contributed by atoms with E-state index in [1.165, 1.54) is 0 Å². The van der Waals surface area contributed by atoms with Gasteiger partial charge in [0, 0.05) is 5.54 Å². The molecule has 3 amide bonds. The molecule has 2 atom stereocenters. The number of carbonyl (C=O) groups excluding carboxylic acids is 3. The average Bonchev–Trinajstić information content (AvgIpc) is 2.74. The van der Waals surface area contributed by atoms with Gasteiger partial charge in [0.05, 0.1) is 10.7 Å². The molecule has 2 N–H and O–H groups in total. The zero-order valence-electron chi connectivity index (χ0n) is 25.2. The highest BCUT2D eigenvalue weighted by molar-refractivity contribution is 6.34. The Morgan fingerprint density at radius 1 is 0.923 bits per heavy atom. The van der Waals surface area contributed by atoms with Crippen LogP contribution < -0.4 is 10.6 Å². The third-order valence-electron chi connectivity index (χ3n) is 6.10. The van der Waals surface area contributed by atoms with Gasteiger partial charge in [-0.3, -0.25) is 9.59 Å². The highest BCUT2D eigenvalue weighted by atomic mass is 35.5. The van der Waals surface area contributed by atoms with Gasteiger partial charge in [-0.2, -0.15) is 0 Å². The summed E-state index contributed by atoms with van der Waals surface area (Å²) in [6, 6.07) is 9.29. The lowest BCUT2D eigenvalue weighted by Gasteiger charge is -2.43. The van der Waals surface area contributed by atoms with Crippen LogP contribution in [0, 0.1) is 26.7 Å². The van der Waals surface area contributed by atoms with Crippen LogP contribution in [0.15, 0.2) is 36.4 Å². The molecule has 214 valence electrons. The maximum atomic E-state index is 14.4. The maximum Gasteiger partial charge on any atom is 0.408 e. The molecule has 0 bridgehead atoms. The van der Waals surface area contributed by atoms with E-state index in [1.807, 2.05) is 85.7 Å². The van der Waals surface area contributed by atoms with Crippen molar-refractivity contribution in [3.63, 3.8) is 0 Å². The number of benzene rings is 2. The molecule has 0 aliphatic carbocycles. The van der Waals surface area contributed by atoms with Crippen molar-refractivity contribution in [2.24, 2.45) is 5.92 Å². The highest BCUT2D eigenvalue weighted by Gasteiger charge is 2.43. The molecule has 39 heavy (non-hydrogen) atoms. The van der Waals surface area contributed by atoms with Gasteiger partial charge in [0.1, 0.15) is 17.7 Å². The molecule has 8 heteroatoms. The molecule has 0 spiro atoms. The molecule has 2 unspecified atom stereocenters. The average molecular weight is 558 g/mol. The summed E-state index contributed by atoms with van der Waals surface area (Å²) in [4.78, 5) is 42.8. The number of carbonyl (C=O) groups is 3. The number of nitrogens with one attached hydrogen (secondary N) is 2. The summed E-state index contributed by atoms with van der Waals surface area (Å²) in [5.74, 6) is -1.07. The molecule has 0 aromatic heterocycles. The fraction of sp³-hybridized carbons (Fsp3) is 0.516. The largest absolute Gasteiger partial charge is 0.444 e. The van der Waals surface area contributed by atoms with E-state index in [4.69, 9.17) is 16.3 Å². The van der Waals surface area contributed by atoms with E-state index in [0.29, 0.717) is 16.3 Å². The van der Waals surface area contributed by atoms with Crippen molar-refractivity contribution in [3.8, 4) is 0 Å². The molecule has 2 aromatic carbocycles. The Hall–Kier alpha value is -3.06. The van der Waals surface area contributed by atoms with Crippen LogP contribution in [0.3, 0.4) is 0 Å². The van der Waals surface area contributed by atoms with Gasteiger partial charge in [-0.15, -0.1) is 0 Å². The first kappa shape index (κ1) is 32.2. The molecular formula is C31H44ClN3O4. The van der Waals surface area contributed by atoms with Crippen LogP contribution in [-0.2, 0) is 14.3 Å². The first-order valence-corrected chi connectivity index (χ1v) is 13.7. The Kier molecular flexibility index (Phi) is 10.2. The van der Waals surface area contributed by atoms with Gasteiger partial charge in [-0.25, -0.2) is 4.79 Å². The minimum Gasteiger partial charge on any atom is -0.444 e. The van der Waals surface area contributed by atoms with Crippen molar-refractivity contribution >= 4 is 35.2 Å². The van der Waals surface area contributed by atoms with Gasteiger partial charge in [0.2, 0.25) is 5.91 Å². The van der Waals surface area contributed by atoms with Crippen LogP contribution in [-0.4, -0.2) is 40.0 Å². The summed E-state index contributed by atoms with van der Waals surface area (Å²) in [6.07, 6.45) is -0.692. The van der Waals surface area contributed by atoms with E-state index in [9.17, 15) is 14.4 Å². The first-order valence-electron chi connectivity index (χ1n) is 13.3. The second kappa shape index (κ2) is 12.4. The monoisotopic (exact) mass is 557 g/mol. The number of rotatable bonds is 7. The third-order valence-corrected chi connectivity index (χ3v) is 6.42. The van der Waals surface area contributed by atoms with Crippen LogP contribution >= 0.6 is 11.6 Å². The van der Waals surface area contributed by atoms with Gasteiger partial charge in [0.25, 0.3) is 5.91 Å². The topological polar surface area (TPSA) is 87.7 Å². The minimum absolute atomic E-state index is 0.274. The van der Waals surface area contributed by atoms with Crippen molar-refractivity contribution in [2.75, 3.05) is 5.32 Å². The van der Waals surface area contributed by atoms with E-state index in [0.717, 1.165) is 16.7 Å². The molecule has 0 aliphatic rings. The number of hydrogen-bond donors (Lipinski definition) is 2. The normalized spacial score (nSPS) is 13.5. The Balaban J connectivity index is 2.67. The molecule has 0 saturated carbocycles. The summed E-state index contributed by atoms with van der Waals surface area (Å²) in [6.45, 7) is 20.4. The molecular weight excluding hydrogens is 514 g/mol. The van der Waals surface area contributed by atoms with Gasteiger partial charge >= 0.3 is 6.09 Å². The molecule has 7 nitrogen and oxygen atoms in total. The van der Waals surface area contributed by atoms with Crippen molar-refractivity contribution in [2.45, 2.75) is 99.4 Å². The summed E-state index contributed by atoms with van der Waals surface area (Å²) < 4.78 is 5.45. The second-order valence-electron chi connectivity index (χ2n) is 12.5. The molecule has 0 heterocycles. The summed E-state index contributed by atoms with van der Waals surface area (Å²) >= 11 is 6.45. The number of halogens is 1. The quantitative estimate of drug-likeness (QED) is 0.379. The molecule has 2 rings (SSSR count). The fourth-order valence-corrected chi connectivity index (χ4v) is 4.78. The first-order chi connectivity index (χ1) is 17.8. The van der Waals surface area contributed by atoms with Crippen molar-refractivity contribution in [1.82, 2.24) is 10.2 Å². The molecule has 2 aromatic rings. The fourth-order valence-electron chi connectivity index (χ4n) is 4.51. The van der Waals surface area contributed by atoms with Gasteiger partial charge in [-0.1, -0.05) is 66.9 Å². The molecule has 0 saturated heterocycles. The molecule has 0 aliphatic heterocycles. The van der Waals surface area contributed by atoms with Gasteiger partial charge < -0.3 is 20.3 Å². The summed E-state index contributed by atoms with van der Waals surface area (Å²) in [7, 11) is 0. The Morgan fingerprint density at radius 2 is 1.49 bits per heavy atom. The number of para-hydroxylation sites is 1. The number of nitrogens with zero attached hydrogens (tertiary/aromatic N) is 1. The predicted molar refractivity (Wildman–Crippen MR) is 158 cm³/mol. The zero-order valence-corrected chi connectivity index (χ0v) is 25.9. The highest BCUT2D eigenvalue weighted by Crippen LogP contribution is 2.34. The van der Waals surface area contributed by atoms with Crippen molar-refractivity contribution in [3.05, 3.63) is 63.7 Å². The Morgan fingerprint density at radius 3 is 1.95 bits per heavy atom. The van der Waals surface area contributed by atoms with Crippen LogP contribution in [0.25, 0.3) is 0 Å². The molecule has 0 fully saturated rings. The number of hydrogen-bond acceptors (Lipinski definition) is 4. The minimum atomic E-state index is -1.01. The van der Waals surface area contributed by atoms with Crippen LogP contribution in [0.2, 0.25) is 5.02 Å². The number of alkyl carbamates (subject to hydrolysis) is 1. The second-order valence-corrected chi connectivity index (χ2v) is 12.9. The van der Waals surface area contributed by atoms with Crippen LogP contribution in [0.5, 0.6) is 0 Å². The van der Waals surface area contributed by atoms with Crippen LogP contribution in [0.4, 0.5) is 10.5 Å². The number of anilines is 1. The predicted octanol–water partition coefficient (Wildman–Crippen LogP) is 7.12. The van der Waals surface area contributed by atoms with Crippen molar-refractivity contribution < 1.29 is 19.1 Å². The van der Waals surface area contributed by atoms with E-state index < -0.39 is 41.1 Å². The standard InChI is InChI=1S/C31H44ClN3O4/c1-18(2)24(34-29(38)39-31(9,10)11)28(37)35(30(6,7)8)26(22-16-19(3)15-20(4)17-22)27(36)33-25-21(5)13-12-14-23(25)32/h12-18,24,26H,1-11H3,(H,33,36)(H,34,38). The van der Waals surface area contributed by atoms with E-state index in [2.05, 4.69) is 10.6 Å². The Bertz CT molecular complexity index is 1170. The number of amides is 3.